The van der Waals surface area contributed by atoms with Crippen molar-refractivity contribution in [1.29, 1.82) is 0 Å². The Hall–Kier alpha value is -2.88. The molecule has 4 nitrogen and oxygen atoms in total. The second-order valence-corrected chi connectivity index (χ2v) is 4.49. The predicted molar refractivity (Wildman–Crippen MR) is 76.0 cm³/mol. The van der Waals surface area contributed by atoms with Crippen molar-refractivity contribution in [3.8, 4) is 0 Å². The summed E-state index contributed by atoms with van der Waals surface area (Å²) in [4.78, 5) is 24.9. The van der Waals surface area contributed by atoms with E-state index < -0.39 is 5.97 Å². The van der Waals surface area contributed by atoms with Gasteiger partial charge < -0.3 is 5.11 Å². The molecule has 0 aromatic heterocycles. The first-order chi connectivity index (χ1) is 9.59. The summed E-state index contributed by atoms with van der Waals surface area (Å²) < 4.78 is 0. The molecule has 0 bridgehead atoms. The number of rotatable bonds is 2. The average Bonchev–Trinajstić information content (AvgIpc) is 2.71. The van der Waals surface area contributed by atoms with Crippen LogP contribution in [0, 0.1) is 0 Å². The molecule has 98 valence electrons. The summed E-state index contributed by atoms with van der Waals surface area (Å²) in [5.74, 6) is -1.25. The predicted octanol–water partition coefficient (Wildman–Crippen LogP) is 3.08. The third-order valence-electron chi connectivity index (χ3n) is 3.29. The van der Waals surface area contributed by atoms with E-state index in [1.54, 1.807) is 18.2 Å². The molecule has 1 heterocycles. The van der Waals surface area contributed by atoms with Gasteiger partial charge in [-0.2, -0.15) is 0 Å². The minimum absolute atomic E-state index is 0.146. The van der Waals surface area contributed by atoms with Crippen LogP contribution in [0.15, 0.2) is 55.1 Å². The first-order valence-corrected chi connectivity index (χ1v) is 6.05. The van der Waals surface area contributed by atoms with E-state index in [4.69, 9.17) is 5.11 Å². The smallest absolute Gasteiger partial charge is 0.335 e. The van der Waals surface area contributed by atoms with Crippen LogP contribution in [0.5, 0.6) is 0 Å². The van der Waals surface area contributed by atoms with Crippen LogP contribution in [-0.4, -0.2) is 17.0 Å². The zero-order chi connectivity index (χ0) is 14.3. The van der Waals surface area contributed by atoms with Crippen molar-refractivity contribution in [2.45, 2.75) is 0 Å². The monoisotopic (exact) mass is 265 g/mol. The highest BCUT2D eigenvalue weighted by Crippen LogP contribution is 2.40. The molecule has 0 atom stereocenters. The number of amides is 1. The molecule has 3 rings (SSSR count). The van der Waals surface area contributed by atoms with Crippen LogP contribution in [0.3, 0.4) is 0 Å². The summed E-state index contributed by atoms with van der Waals surface area (Å²) in [6.07, 6.45) is 0. The van der Waals surface area contributed by atoms with E-state index in [1.165, 1.54) is 17.0 Å². The van der Waals surface area contributed by atoms with Crippen LogP contribution in [0.1, 0.15) is 15.9 Å². The largest absolute Gasteiger partial charge is 0.478 e. The Balaban J connectivity index is 2.20. The number of carboxylic acid groups (broad SMARTS) is 1. The van der Waals surface area contributed by atoms with Crippen molar-refractivity contribution in [3.63, 3.8) is 0 Å². The van der Waals surface area contributed by atoms with E-state index >= 15 is 0 Å². The number of carbonyl (C=O) groups excluding carboxylic acids is 1. The summed E-state index contributed by atoms with van der Waals surface area (Å²) >= 11 is 0. The molecule has 1 aliphatic heterocycles. The molecule has 1 N–H and O–H groups in total. The normalized spacial score (nSPS) is 13.5. The number of fused-ring (bicyclic) bond motifs is 1. The van der Waals surface area contributed by atoms with Crippen LogP contribution in [-0.2, 0) is 4.79 Å². The molecule has 0 spiro atoms. The molecule has 0 radical (unpaired) electrons. The Bertz CT molecular complexity index is 735. The maximum atomic E-state index is 12.3. The van der Waals surface area contributed by atoms with Gasteiger partial charge in [0.05, 0.1) is 11.3 Å². The molecule has 0 saturated carbocycles. The van der Waals surface area contributed by atoms with Crippen LogP contribution >= 0.6 is 0 Å². The number of carbonyl (C=O) groups is 2. The number of hydrogen-bond donors (Lipinski definition) is 1. The molecule has 4 heteroatoms. The molecule has 0 saturated heterocycles. The highest BCUT2D eigenvalue weighted by molar-refractivity contribution is 6.34. The van der Waals surface area contributed by atoms with Gasteiger partial charge in [-0.1, -0.05) is 30.8 Å². The van der Waals surface area contributed by atoms with Crippen molar-refractivity contribution in [3.05, 3.63) is 66.2 Å². The molecular weight excluding hydrogens is 254 g/mol. The van der Waals surface area contributed by atoms with E-state index in [1.807, 2.05) is 18.2 Å². The van der Waals surface area contributed by atoms with Gasteiger partial charge in [-0.15, -0.1) is 0 Å². The summed E-state index contributed by atoms with van der Waals surface area (Å²) in [6.45, 7) is 3.79. The SMILES string of the molecule is C=C1C(=O)N(c2ccccc2)c2cc(C(=O)O)ccc21. The number of nitrogens with zero attached hydrogens (tertiary/aromatic N) is 1. The molecule has 1 aliphatic rings. The second-order valence-electron chi connectivity index (χ2n) is 4.49. The first-order valence-electron chi connectivity index (χ1n) is 6.05. The number of para-hydroxylation sites is 1. The third-order valence-corrected chi connectivity index (χ3v) is 3.29. The third kappa shape index (κ3) is 1.70. The molecule has 20 heavy (non-hydrogen) atoms. The lowest BCUT2D eigenvalue weighted by Crippen LogP contribution is -2.20. The van der Waals surface area contributed by atoms with Gasteiger partial charge in [-0.25, -0.2) is 4.79 Å². The summed E-state index contributed by atoms with van der Waals surface area (Å²) in [5.41, 5.74) is 2.45. The van der Waals surface area contributed by atoms with Gasteiger partial charge in [0.15, 0.2) is 0 Å². The van der Waals surface area contributed by atoms with E-state index in [-0.39, 0.29) is 11.5 Å². The topological polar surface area (TPSA) is 57.6 Å². The maximum Gasteiger partial charge on any atom is 0.335 e. The van der Waals surface area contributed by atoms with Crippen molar-refractivity contribution in [2.75, 3.05) is 4.90 Å². The highest BCUT2D eigenvalue weighted by atomic mass is 16.4. The van der Waals surface area contributed by atoms with Gasteiger partial charge in [0.1, 0.15) is 0 Å². The van der Waals surface area contributed by atoms with Crippen molar-refractivity contribution >= 4 is 28.8 Å². The summed E-state index contributed by atoms with van der Waals surface area (Å²) in [5, 5.41) is 9.08. The lowest BCUT2D eigenvalue weighted by atomic mass is 10.1. The molecule has 0 aliphatic carbocycles. The maximum absolute atomic E-state index is 12.3. The van der Waals surface area contributed by atoms with Crippen molar-refractivity contribution < 1.29 is 14.7 Å². The number of hydrogen-bond acceptors (Lipinski definition) is 2. The van der Waals surface area contributed by atoms with Crippen LogP contribution in [0.25, 0.3) is 5.57 Å². The van der Waals surface area contributed by atoms with Crippen LogP contribution < -0.4 is 4.90 Å². The summed E-state index contributed by atoms with van der Waals surface area (Å²) in [6, 6.07) is 13.7. The minimum atomic E-state index is -1.02. The molecule has 0 fully saturated rings. The number of carboxylic acids is 1. The van der Waals surface area contributed by atoms with Crippen LogP contribution in [0.4, 0.5) is 11.4 Å². The zero-order valence-corrected chi connectivity index (χ0v) is 10.5. The van der Waals surface area contributed by atoms with Gasteiger partial charge in [0.2, 0.25) is 0 Å². The van der Waals surface area contributed by atoms with E-state index in [0.717, 1.165) is 0 Å². The van der Waals surface area contributed by atoms with Gasteiger partial charge in [-0.05, 0) is 24.3 Å². The number of aromatic carboxylic acids is 1. The average molecular weight is 265 g/mol. The zero-order valence-electron chi connectivity index (χ0n) is 10.5. The van der Waals surface area contributed by atoms with E-state index in [9.17, 15) is 9.59 Å². The fourth-order valence-corrected chi connectivity index (χ4v) is 2.30. The molecule has 1 amide bonds. The Morgan fingerprint density at radius 2 is 1.80 bits per heavy atom. The van der Waals surface area contributed by atoms with Gasteiger partial charge in [-0.3, -0.25) is 9.69 Å². The molecular formula is C16H11NO3. The van der Waals surface area contributed by atoms with Crippen molar-refractivity contribution in [1.82, 2.24) is 0 Å². The minimum Gasteiger partial charge on any atom is -0.478 e. The van der Waals surface area contributed by atoms with Gasteiger partial charge in [0, 0.05) is 16.8 Å². The van der Waals surface area contributed by atoms with E-state index in [0.29, 0.717) is 22.5 Å². The first kappa shape index (κ1) is 12.2. The molecule has 2 aromatic carbocycles. The molecule has 2 aromatic rings. The highest BCUT2D eigenvalue weighted by Gasteiger charge is 2.32. The van der Waals surface area contributed by atoms with Crippen molar-refractivity contribution in [2.24, 2.45) is 0 Å². The number of anilines is 2. The van der Waals surface area contributed by atoms with Crippen LogP contribution in [0.2, 0.25) is 0 Å². The Labute approximate surface area is 115 Å². The Kier molecular flexibility index (Phi) is 2.64. The quantitative estimate of drug-likeness (QED) is 0.849. The number of benzene rings is 2. The second kappa shape index (κ2) is 4.35. The van der Waals surface area contributed by atoms with E-state index in [2.05, 4.69) is 6.58 Å². The Morgan fingerprint density at radius 3 is 2.45 bits per heavy atom. The summed E-state index contributed by atoms with van der Waals surface area (Å²) in [7, 11) is 0. The fraction of sp³-hybridized carbons (Fsp3) is 0. The van der Waals surface area contributed by atoms with Gasteiger partial charge >= 0.3 is 5.97 Å². The lowest BCUT2D eigenvalue weighted by Gasteiger charge is -2.17. The molecule has 0 unspecified atom stereocenters. The lowest BCUT2D eigenvalue weighted by molar-refractivity contribution is -0.112. The fourth-order valence-electron chi connectivity index (χ4n) is 2.30. The van der Waals surface area contributed by atoms with Gasteiger partial charge in [0.25, 0.3) is 5.91 Å². The standard InChI is InChI=1S/C16H11NO3/c1-10-13-8-7-11(16(19)20)9-14(13)17(15(10)18)12-5-3-2-4-6-12/h2-9H,1H2,(H,19,20). The Morgan fingerprint density at radius 1 is 1.10 bits per heavy atom.